The lowest BCUT2D eigenvalue weighted by Crippen LogP contribution is -2.37. The van der Waals surface area contributed by atoms with Gasteiger partial charge in [-0.25, -0.2) is 9.97 Å². The number of nitrogens with zero attached hydrogens (tertiary/aromatic N) is 4. The fourth-order valence-electron chi connectivity index (χ4n) is 2.71. The normalized spacial score (nSPS) is 19.8. The average Bonchev–Trinajstić information content (AvgIpc) is 2.82. The predicted molar refractivity (Wildman–Crippen MR) is 89.2 cm³/mol. The first-order chi connectivity index (χ1) is 9.81. The Hall–Kier alpha value is -1.36. The highest BCUT2D eigenvalue weighted by Gasteiger charge is 2.24. The molecule has 1 aromatic rings. The Morgan fingerprint density at radius 3 is 2.62 bits per heavy atom. The van der Waals surface area contributed by atoms with Crippen molar-refractivity contribution in [2.75, 3.05) is 44.4 Å². The third kappa shape index (κ3) is 3.84. The summed E-state index contributed by atoms with van der Waals surface area (Å²) in [5.41, 5.74) is -0.0490. The van der Waals surface area contributed by atoms with Gasteiger partial charge in [-0.05, 0) is 26.4 Å². The molecular formula is C16H29N5. The number of nitrogens with one attached hydrogen (secondary N) is 1. The van der Waals surface area contributed by atoms with Gasteiger partial charge >= 0.3 is 0 Å². The van der Waals surface area contributed by atoms with Gasteiger partial charge in [0.05, 0.1) is 0 Å². The van der Waals surface area contributed by atoms with Crippen LogP contribution in [0, 0.1) is 0 Å². The third-order valence-corrected chi connectivity index (χ3v) is 4.19. The van der Waals surface area contributed by atoms with Crippen LogP contribution >= 0.6 is 0 Å². The van der Waals surface area contributed by atoms with Gasteiger partial charge in [-0.1, -0.05) is 20.8 Å². The number of rotatable bonds is 4. The van der Waals surface area contributed by atoms with Gasteiger partial charge < -0.3 is 15.1 Å². The molecule has 21 heavy (non-hydrogen) atoms. The minimum Gasteiger partial charge on any atom is -0.373 e. The van der Waals surface area contributed by atoms with Gasteiger partial charge in [0.1, 0.15) is 17.5 Å². The largest absolute Gasteiger partial charge is 0.373 e. The molecule has 2 heterocycles. The van der Waals surface area contributed by atoms with E-state index in [1.807, 2.05) is 13.1 Å². The molecule has 0 spiro atoms. The summed E-state index contributed by atoms with van der Waals surface area (Å²) in [5, 5.41) is 3.15. The Bertz CT molecular complexity index is 480. The molecule has 1 aliphatic rings. The highest BCUT2D eigenvalue weighted by molar-refractivity contribution is 5.49. The number of likely N-dealkylation sites (tertiary alicyclic amines) is 1. The van der Waals surface area contributed by atoms with Crippen LogP contribution in [0.1, 0.15) is 39.4 Å². The van der Waals surface area contributed by atoms with Gasteiger partial charge in [-0.2, -0.15) is 0 Å². The van der Waals surface area contributed by atoms with E-state index < -0.39 is 0 Å². The number of hydrogen-bond acceptors (Lipinski definition) is 5. The quantitative estimate of drug-likeness (QED) is 0.922. The molecule has 1 aromatic heterocycles. The van der Waals surface area contributed by atoms with Crippen molar-refractivity contribution in [1.82, 2.24) is 14.9 Å². The smallest absolute Gasteiger partial charge is 0.138 e. The monoisotopic (exact) mass is 291 g/mol. The van der Waals surface area contributed by atoms with Crippen molar-refractivity contribution in [3.63, 3.8) is 0 Å². The Kier molecular flexibility index (Phi) is 4.71. The molecule has 2 rings (SSSR count). The van der Waals surface area contributed by atoms with E-state index in [-0.39, 0.29) is 5.41 Å². The second-order valence-corrected chi connectivity index (χ2v) is 7.09. The highest BCUT2D eigenvalue weighted by Crippen LogP contribution is 2.24. The molecule has 1 unspecified atom stereocenters. The number of aromatic nitrogens is 2. The topological polar surface area (TPSA) is 44.3 Å². The van der Waals surface area contributed by atoms with E-state index in [9.17, 15) is 0 Å². The van der Waals surface area contributed by atoms with Gasteiger partial charge in [0, 0.05) is 38.2 Å². The fraction of sp³-hybridized carbons (Fsp3) is 0.750. The highest BCUT2D eigenvalue weighted by atomic mass is 15.2. The first-order valence-electron chi connectivity index (χ1n) is 7.80. The lowest BCUT2D eigenvalue weighted by atomic mass is 9.96. The molecular weight excluding hydrogens is 262 g/mol. The Morgan fingerprint density at radius 1 is 1.38 bits per heavy atom. The minimum absolute atomic E-state index is 0.0490. The lowest BCUT2D eigenvalue weighted by molar-refractivity contribution is 0.314. The van der Waals surface area contributed by atoms with E-state index in [4.69, 9.17) is 4.98 Å². The van der Waals surface area contributed by atoms with Crippen molar-refractivity contribution >= 4 is 11.6 Å². The molecule has 1 atom stereocenters. The molecule has 0 bridgehead atoms. The molecule has 0 aliphatic carbocycles. The van der Waals surface area contributed by atoms with Crippen LogP contribution in [-0.2, 0) is 5.41 Å². The molecule has 1 saturated heterocycles. The van der Waals surface area contributed by atoms with Gasteiger partial charge in [0.15, 0.2) is 0 Å². The second kappa shape index (κ2) is 6.18. The Balaban J connectivity index is 2.21. The van der Waals surface area contributed by atoms with E-state index in [2.05, 4.69) is 55.0 Å². The van der Waals surface area contributed by atoms with Gasteiger partial charge in [-0.15, -0.1) is 0 Å². The second-order valence-electron chi connectivity index (χ2n) is 7.09. The minimum atomic E-state index is -0.0490. The summed E-state index contributed by atoms with van der Waals surface area (Å²) in [7, 11) is 6.24. The lowest BCUT2D eigenvalue weighted by Gasteiger charge is -2.28. The van der Waals surface area contributed by atoms with E-state index in [1.54, 1.807) is 0 Å². The van der Waals surface area contributed by atoms with E-state index in [0.29, 0.717) is 6.04 Å². The summed E-state index contributed by atoms with van der Waals surface area (Å²) < 4.78 is 0. The standard InChI is InChI=1S/C16H29N5/c1-16(2,3)15-18-13(17-4)10-14(19-15)21(6)11-12-8-7-9-20(12)5/h10,12H,7-9,11H2,1-6H3,(H,17,18,19). The van der Waals surface area contributed by atoms with Crippen LogP contribution in [0.4, 0.5) is 11.6 Å². The number of likely N-dealkylation sites (N-methyl/N-ethyl adjacent to an activating group) is 2. The van der Waals surface area contributed by atoms with E-state index in [1.165, 1.54) is 19.4 Å². The molecule has 0 radical (unpaired) electrons. The van der Waals surface area contributed by atoms with Crippen molar-refractivity contribution in [2.45, 2.75) is 45.1 Å². The van der Waals surface area contributed by atoms with Crippen molar-refractivity contribution in [3.05, 3.63) is 11.9 Å². The molecule has 1 N–H and O–H groups in total. The zero-order valence-electron chi connectivity index (χ0n) is 14.3. The summed E-state index contributed by atoms with van der Waals surface area (Å²) >= 11 is 0. The van der Waals surface area contributed by atoms with Gasteiger partial charge in [0.25, 0.3) is 0 Å². The molecule has 0 aromatic carbocycles. The first-order valence-corrected chi connectivity index (χ1v) is 7.80. The molecule has 1 fully saturated rings. The number of anilines is 2. The molecule has 118 valence electrons. The summed E-state index contributed by atoms with van der Waals surface area (Å²) in [5.74, 6) is 2.77. The molecule has 5 nitrogen and oxygen atoms in total. The van der Waals surface area contributed by atoms with Gasteiger partial charge in [-0.3, -0.25) is 0 Å². The summed E-state index contributed by atoms with van der Waals surface area (Å²) in [4.78, 5) is 14.1. The zero-order chi connectivity index (χ0) is 15.6. The SMILES string of the molecule is CNc1cc(N(C)CC2CCCN2C)nc(C(C)(C)C)n1. The van der Waals surface area contributed by atoms with Crippen molar-refractivity contribution in [2.24, 2.45) is 0 Å². The van der Waals surface area contributed by atoms with Crippen LogP contribution < -0.4 is 10.2 Å². The molecule has 5 heteroatoms. The predicted octanol–water partition coefficient (Wildman–Crippen LogP) is 2.35. The maximum atomic E-state index is 4.78. The Morgan fingerprint density at radius 2 is 2.10 bits per heavy atom. The van der Waals surface area contributed by atoms with Crippen molar-refractivity contribution < 1.29 is 0 Å². The van der Waals surface area contributed by atoms with E-state index in [0.717, 1.165) is 24.0 Å². The summed E-state index contributed by atoms with van der Waals surface area (Å²) in [6, 6.07) is 2.66. The van der Waals surface area contributed by atoms with E-state index >= 15 is 0 Å². The zero-order valence-corrected chi connectivity index (χ0v) is 14.3. The molecule has 0 saturated carbocycles. The molecule has 1 aliphatic heterocycles. The maximum Gasteiger partial charge on any atom is 0.138 e. The van der Waals surface area contributed by atoms with Crippen LogP contribution in [0.25, 0.3) is 0 Å². The van der Waals surface area contributed by atoms with Crippen molar-refractivity contribution in [1.29, 1.82) is 0 Å². The van der Waals surface area contributed by atoms with Crippen molar-refractivity contribution in [3.8, 4) is 0 Å². The number of hydrogen-bond donors (Lipinski definition) is 1. The first kappa shape index (κ1) is 16.0. The van der Waals surface area contributed by atoms with Crippen LogP contribution in [0.5, 0.6) is 0 Å². The summed E-state index contributed by atoms with van der Waals surface area (Å²) in [6.45, 7) is 8.67. The average molecular weight is 291 g/mol. The Labute approximate surface area is 128 Å². The van der Waals surface area contributed by atoms with Crippen LogP contribution in [0.3, 0.4) is 0 Å². The van der Waals surface area contributed by atoms with Crippen LogP contribution in [0.2, 0.25) is 0 Å². The van der Waals surface area contributed by atoms with Crippen LogP contribution in [-0.4, -0.2) is 55.1 Å². The van der Waals surface area contributed by atoms with Gasteiger partial charge in [0.2, 0.25) is 0 Å². The van der Waals surface area contributed by atoms with Crippen LogP contribution in [0.15, 0.2) is 6.07 Å². The third-order valence-electron chi connectivity index (χ3n) is 4.19. The fourth-order valence-corrected chi connectivity index (χ4v) is 2.71. The maximum absolute atomic E-state index is 4.78. The molecule has 0 amide bonds. The summed E-state index contributed by atoms with van der Waals surface area (Å²) in [6.07, 6.45) is 2.57.